The number of hydrogen-bond acceptors (Lipinski definition) is 4. The zero-order valence-electron chi connectivity index (χ0n) is 13.3. The molecule has 0 bridgehead atoms. The summed E-state index contributed by atoms with van der Waals surface area (Å²) in [6, 6.07) is 17.5. The van der Waals surface area contributed by atoms with Gasteiger partial charge in [-0.25, -0.2) is 4.98 Å². The molecule has 0 unspecified atom stereocenters. The van der Waals surface area contributed by atoms with Gasteiger partial charge in [-0.3, -0.25) is 4.79 Å². The minimum atomic E-state index is -1.09. The second-order valence-corrected chi connectivity index (χ2v) is 7.21. The van der Waals surface area contributed by atoms with E-state index in [2.05, 4.69) is 5.32 Å². The Bertz CT molecular complexity index is 850. The van der Waals surface area contributed by atoms with Crippen LogP contribution in [0.4, 0.5) is 16.5 Å². The van der Waals surface area contributed by atoms with Crippen LogP contribution in [-0.4, -0.2) is 22.8 Å². The summed E-state index contributed by atoms with van der Waals surface area (Å²) in [5.74, 6) is -0.448. The predicted molar refractivity (Wildman–Crippen MR) is 106 cm³/mol. The van der Waals surface area contributed by atoms with Crippen LogP contribution < -0.4 is 10.2 Å². The van der Waals surface area contributed by atoms with Gasteiger partial charge >= 0.3 is 0 Å². The number of hydrogen-bond donors (Lipinski definition) is 1. The Kier molecular flexibility index (Phi) is 5.58. The van der Waals surface area contributed by atoms with Crippen molar-refractivity contribution in [3.63, 3.8) is 0 Å². The highest BCUT2D eigenvalue weighted by molar-refractivity contribution is 7.14. The van der Waals surface area contributed by atoms with Gasteiger partial charge < -0.3 is 10.2 Å². The second-order valence-electron chi connectivity index (χ2n) is 5.28. The number of nitrogens with one attached hydrogen (secondary N) is 1. The predicted octanol–water partition coefficient (Wildman–Crippen LogP) is 5.32. The number of halogens is 2. The lowest BCUT2D eigenvalue weighted by Crippen LogP contribution is -2.18. The van der Waals surface area contributed by atoms with Crippen molar-refractivity contribution in [2.45, 2.75) is 4.84 Å². The van der Waals surface area contributed by atoms with Crippen LogP contribution in [0.3, 0.4) is 0 Å². The summed E-state index contributed by atoms with van der Waals surface area (Å²) in [5.41, 5.74) is 3.57. The van der Waals surface area contributed by atoms with Crippen molar-refractivity contribution in [3.05, 3.63) is 60.0 Å². The zero-order chi connectivity index (χ0) is 17.8. The fraction of sp³-hybridized carbons (Fsp3) is 0.111. The topological polar surface area (TPSA) is 45.2 Å². The first-order chi connectivity index (χ1) is 12.0. The van der Waals surface area contributed by atoms with Gasteiger partial charge in [0.2, 0.25) is 0 Å². The molecule has 25 heavy (non-hydrogen) atoms. The van der Waals surface area contributed by atoms with Crippen LogP contribution in [0.15, 0.2) is 60.0 Å². The van der Waals surface area contributed by atoms with Crippen LogP contribution in [0.25, 0.3) is 11.3 Å². The molecule has 4 nitrogen and oxygen atoms in total. The molecule has 3 rings (SSSR count). The summed E-state index contributed by atoms with van der Waals surface area (Å²) in [6.45, 7) is 0. The van der Waals surface area contributed by atoms with Gasteiger partial charge in [-0.15, -0.1) is 11.3 Å². The molecule has 1 amide bonds. The number of anilines is 3. The average Bonchev–Trinajstić information content (AvgIpc) is 3.12. The lowest BCUT2D eigenvalue weighted by molar-refractivity contribution is -0.114. The number of carbonyl (C=O) groups is 1. The Hall–Kier alpha value is -2.08. The fourth-order valence-electron chi connectivity index (χ4n) is 2.23. The van der Waals surface area contributed by atoms with Gasteiger partial charge in [0.1, 0.15) is 0 Å². The molecule has 0 radical (unpaired) electrons. The summed E-state index contributed by atoms with van der Waals surface area (Å²) in [5, 5.41) is 5.55. The van der Waals surface area contributed by atoms with Gasteiger partial charge in [0, 0.05) is 29.4 Å². The third kappa shape index (κ3) is 4.31. The molecule has 0 spiro atoms. The summed E-state index contributed by atoms with van der Waals surface area (Å²) < 4.78 is 0. The van der Waals surface area contributed by atoms with E-state index in [9.17, 15) is 4.79 Å². The van der Waals surface area contributed by atoms with E-state index >= 15 is 0 Å². The largest absolute Gasteiger partial charge is 0.324 e. The van der Waals surface area contributed by atoms with E-state index in [4.69, 9.17) is 28.2 Å². The quantitative estimate of drug-likeness (QED) is 0.598. The number of thiazole rings is 1. The van der Waals surface area contributed by atoms with Crippen molar-refractivity contribution < 1.29 is 4.79 Å². The van der Waals surface area contributed by atoms with Gasteiger partial charge in [-0.05, 0) is 24.3 Å². The molecule has 0 saturated carbocycles. The van der Waals surface area contributed by atoms with E-state index < -0.39 is 10.7 Å². The summed E-state index contributed by atoms with van der Waals surface area (Å²) in [7, 11) is 1.99. The number of nitrogens with zero attached hydrogens (tertiary/aromatic N) is 2. The molecule has 0 aliphatic carbocycles. The maximum atomic E-state index is 11.5. The van der Waals surface area contributed by atoms with E-state index in [1.807, 2.05) is 59.8 Å². The van der Waals surface area contributed by atoms with E-state index in [0.29, 0.717) is 5.69 Å². The van der Waals surface area contributed by atoms with Crippen molar-refractivity contribution >= 4 is 57.0 Å². The number of benzene rings is 2. The van der Waals surface area contributed by atoms with Crippen molar-refractivity contribution in [2.75, 3.05) is 17.3 Å². The average molecular weight is 392 g/mol. The molecule has 0 aliphatic heterocycles. The Morgan fingerprint density at radius 2 is 1.80 bits per heavy atom. The Labute approximate surface area is 160 Å². The van der Waals surface area contributed by atoms with Gasteiger partial charge in [-0.1, -0.05) is 53.5 Å². The lowest BCUT2D eigenvalue weighted by Gasteiger charge is -2.15. The molecule has 0 fully saturated rings. The monoisotopic (exact) mass is 391 g/mol. The molecule has 1 N–H and O–H groups in total. The van der Waals surface area contributed by atoms with Gasteiger partial charge in [0.05, 0.1) is 5.69 Å². The van der Waals surface area contributed by atoms with Gasteiger partial charge in [0.25, 0.3) is 5.91 Å². The standard InChI is InChI=1S/C18H15Cl2N3OS/c1-23(14-5-3-2-4-6-14)18-22-15(11-25-18)12-7-9-13(10-8-12)21-17(24)16(19)20/h2-11,16H,1H3,(H,21,24). The molecule has 128 valence electrons. The van der Waals surface area contributed by atoms with Crippen molar-refractivity contribution in [1.82, 2.24) is 4.98 Å². The molecule has 7 heteroatoms. The highest BCUT2D eigenvalue weighted by Crippen LogP contribution is 2.31. The van der Waals surface area contributed by atoms with Crippen LogP contribution in [0.1, 0.15) is 0 Å². The van der Waals surface area contributed by atoms with Crippen LogP contribution in [-0.2, 0) is 4.79 Å². The number of rotatable bonds is 5. The molecule has 3 aromatic rings. The summed E-state index contributed by atoms with van der Waals surface area (Å²) in [4.78, 5) is 17.1. The van der Waals surface area contributed by atoms with E-state index in [1.165, 1.54) is 0 Å². The molecule has 0 atom stereocenters. The number of amides is 1. The molecular formula is C18H15Cl2N3OS. The minimum Gasteiger partial charge on any atom is -0.324 e. The molecule has 1 heterocycles. The SMILES string of the molecule is CN(c1ccccc1)c1nc(-c2ccc(NC(=O)C(Cl)Cl)cc2)cs1. The zero-order valence-corrected chi connectivity index (χ0v) is 15.6. The van der Waals surface area contributed by atoms with E-state index in [0.717, 1.165) is 22.1 Å². The van der Waals surface area contributed by atoms with Gasteiger partial charge in [-0.2, -0.15) is 0 Å². The normalized spacial score (nSPS) is 10.7. The molecule has 1 aromatic heterocycles. The summed E-state index contributed by atoms with van der Waals surface area (Å²) in [6.07, 6.45) is 0. The fourth-order valence-corrected chi connectivity index (χ4v) is 3.16. The second kappa shape index (κ2) is 7.87. The van der Waals surface area contributed by atoms with Gasteiger partial charge in [0.15, 0.2) is 9.97 Å². The number of para-hydroxylation sites is 1. The Balaban J connectivity index is 1.75. The lowest BCUT2D eigenvalue weighted by atomic mass is 10.1. The van der Waals surface area contributed by atoms with E-state index in [1.54, 1.807) is 23.5 Å². The molecule has 0 aliphatic rings. The smallest absolute Gasteiger partial charge is 0.257 e. The van der Waals surface area contributed by atoms with Crippen LogP contribution in [0.2, 0.25) is 0 Å². The van der Waals surface area contributed by atoms with Crippen molar-refractivity contribution in [2.24, 2.45) is 0 Å². The number of aromatic nitrogens is 1. The third-order valence-corrected chi connectivity index (χ3v) is 4.88. The first-order valence-corrected chi connectivity index (χ1v) is 9.23. The highest BCUT2D eigenvalue weighted by Gasteiger charge is 2.12. The minimum absolute atomic E-state index is 0.448. The van der Waals surface area contributed by atoms with E-state index in [-0.39, 0.29) is 0 Å². The van der Waals surface area contributed by atoms with Crippen LogP contribution in [0, 0.1) is 0 Å². The molecule has 0 saturated heterocycles. The maximum Gasteiger partial charge on any atom is 0.257 e. The van der Waals surface area contributed by atoms with Crippen molar-refractivity contribution in [3.8, 4) is 11.3 Å². The molecular weight excluding hydrogens is 377 g/mol. The number of alkyl halides is 2. The van der Waals surface area contributed by atoms with Crippen LogP contribution >= 0.6 is 34.5 Å². The number of carbonyl (C=O) groups excluding carboxylic acids is 1. The first-order valence-electron chi connectivity index (χ1n) is 7.48. The van der Waals surface area contributed by atoms with Crippen molar-refractivity contribution in [1.29, 1.82) is 0 Å². The Morgan fingerprint density at radius 1 is 1.12 bits per heavy atom. The third-order valence-electron chi connectivity index (χ3n) is 3.57. The highest BCUT2D eigenvalue weighted by atomic mass is 35.5. The molecule has 2 aromatic carbocycles. The Morgan fingerprint density at radius 3 is 2.44 bits per heavy atom. The summed E-state index contributed by atoms with van der Waals surface area (Å²) >= 11 is 12.6. The van der Waals surface area contributed by atoms with Crippen LogP contribution in [0.5, 0.6) is 0 Å². The maximum absolute atomic E-state index is 11.5. The first kappa shape index (κ1) is 17.7.